The summed E-state index contributed by atoms with van der Waals surface area (Å²) < 4.78 is 12.7. The van der Waals surface area contributed by atoms with Crippen LogP contribution in [0, 0.1) is 18.1 Å². The first kappa shape index (κ1) is 37.1. The molecule has 0 bridgehead atoms. The first-order chi connectivity index (χ1) is 25.5. The fraction of sp³-hybridized carbons (Fsp3) is 0.167. The summed E-state index contributed by atoms with van der Waals surface area (Å²) in [5.41, 5.74) is 9.80. The average molecular weight is 947 g/mol. The van der Waals surface area contributed by atoms with Gasteiger partial charge in [-0.2, -0.15) is 11.3 Å². The van der Waals surface area contributed by atoms with Gasteiger partial charge in [0.1, 0.15) is 0 Å². The monoisotopic (exact) mass is 948 g/mol. The van der Waals surface area contributed by atoms with E-state index in [0.717, 1.165) is 28.1 Å². The van der Waals surface area contributed by atoms with Crippen molar-refractivity contribution in [3.05, 3.63) is 164 Å². The Morgan fingerprint density at radius 2 is 1.36 bits per heavy atom. The predicted octanol–water partition coefficient (Wildman–Crippen LogP) is 13.1. The summed E-state index contributed by atoms with van der Waals surface area (Å²) >= 11 is 0.0155. The zero-order valence-electron chi connectivity index (χ0n) is 32.1. The normalized spacial score (nSPS) is 12.8. The number of thiophene rings is 1. The second kappa shape index (κ2) is 16.9. The van der Waals surface area contributed by atoms with Gasteiger partial charge in [0.25, 0.3) is 0 Å². The van der Waals surface area contributed by atoms with Crippen molar-refractivity contribution in [2.75, 3.05) is 0 Å². The van der Waals surface area contributed by atoms with E-state index in [4.69, 9.17) is 1.37 Å². The van der Waals surface area contributed by atoms with E-state index in [9.17, 15) is 0 Å². The Morgan fingerprint density at radius 3 is 1.98 bits per heavy atom. The summed E-state index contributed by atoms with van der Waals surface area (Å²) in [7, 11) is 0. The maximum absolute atomic E-state index is 8.80. The zero-order valence-corrected chi connectivity index (χ0v) is 36.4. The molecule has 53 heavy (non-hydrogen) atoms. The standard InChI is InChI=1S/C28H24NS.C20H20GeN.Ir/c1-18(2)19(3)21-14-15-29-26(16-21)25-11-7-10-24-23-13-12-22(17-27(23)30-28(24)25)20-8-5-4-6-9-20;1-21(2,3)19-13-14-20(22-15-19)18-11-9-17(10-12-18)16-7-5-4-6-8-16;/h4-10,12-19H,1-3H3;4-11,13-15H,1-3H3;/q2*-1;/i19D;;. The maximum atomic E-state index is 8.80. The van der Waals surface area contributed by atoms with Crippen LogP contribution in [0.5, 0.6) is 0 Å². The SMILES string of the molecule is [2H]C(C)(c1ccnc(-c2[c-]ccc3c2sc2cc(-c4ccccc4)ccc23)c1)C(C)C.[CH3][Ge]([CH3])([CH3])[c]1ccc(-c2[c-]cc(-c3ccccc3)cc2)nc1.[Ir]. The second-order valence-corrected chi connectivity index (χ2v) is 26.3. The van der Waals surface area contributed by atoms with Crippen LogP contribution in [0.15, 0.2) is 146 Å². The van der Waals surface area contributed by atoms with Gasteiger partial charge in [-0.05, 0) is 50.9 Å². The van der Waals surface area contributed by atoms with E-state index in [-0.39, 0.29) is 26.0 Å². The van der Waals surface area contributed by atoms with Crippen LogP contribution in [-0.2, 0) is 20.1 Å². The number of hydrogen-bond acceptors (Lipinski definition) is 3. The van der Waals surface area contributed by atoms with Crippen molar-refractivity contribution in [1.82, 2.24) is 9.97 Å². The van der Waals surface area contributed by atoms with Gasteiger partial charge < -0.3 is 4.98 Å². The number of pyridine rings is 2. The van der Waals surface area contributed by atoms with Gasteiger partial charge in [-0.3, -0.25) is 0 Å². The Labute approximate surface area is 336 Å². The summed E-state index contributed by atoms with van der Waals surface area (Å²) in [6, 6.07) is 53.2. The molecule has 1 radical (unpaired) electrons. The maximum Gasteiger partial charge on any atom is 0 e. The van der Waals surface area contributed by atoms with E-state index < -0.39 is 19.2 Å². The van der Waals surface area contributed by atoms with Crippen LogP contribution in [0.4, 0.5) is 0 Å². The van der Waals surface area contributed by atoms with E-state index >= 15 is 0 Å². The summed E-state index contributed by atoms with van der Waals surface area (Å²) in [5.74, 6) is 6.71. The Kier molecular flexibility index (Phi) is 11.8. The molecule has 267 valence electrons. The van der Waals surface area contributed by atoms with E-state index in [1.807, 2.05) is 49.6 Å². The minimum absolute atomic E-state index is 0. The Hall–Kier alpha value is -4.19. The minimum Gasteiger partial charge on any atom is 0 e. The van der Waals surface area contributed by atoms with E-state index in [1.165, 1.54) is 46.8 Å². The summed E-state index contributed by atoms with van der Waals surface area (Å²) in [6.45, 7) is 6.16. The fourth-order valence-corrected chi connectivity index (χ4v) is 9.70. The molecule has 1 unspecified atom stereocenters. The molecule has 0 aliphatic heterocycles. The Balaban J connectivity index is 0.000000191. The topological polar surface area (TPSA) is 25.8 Å². The second-order valence-electron chi connectivity index (χ2n) is 14.6. The largest absolute Gasteiger partial charge is 0 e. The average Bonchev–Trinajstić information content (AvgIpc) is 3.57. The molecule has 1 atom stereocenters. The molecule has 3 heterocycles. The molecule has 0 saturated heterocycles. The Morgan fingerprint density at radius 1 is 0.660 bits per heavy atom. The molecule has 8 aromatic rings. The van der Waals surface area contributed by atoms with E-state index in [0.29, 0.717) is 0 Å². The fourth-order valence-electron chi connectivity index (χ4n) is 6.28. The van der Waals surface area contributed by atoms with Gasteiger partial charge in [-0.25, -0.2) is 0 Å². The van der Waals surface area contributed by atoms with Gasteiger partial charge in [0.15, 0.2) is 0 Å². The van der Waals surface area contributed by atoms with Gasteiger partial charge in [0.05, 0.1) is 0 Å². The van der Waals surface area contributed by atoms with Crippen molar-refractivity contribution in [2.45, 2.75) is 43.9 Å². The molecule has 0 N–H and O–H groups in total. The molecule has 0 amide bonds. The molecule has 0 spiro atoms. The van der Waals surface area contributed by atoms with Crippen LogP contribution in [0.25, 0.3) is 64.9 Å². The molecule has 5 heteroatoms. The number of benzene rings is 5. The van der Waals surface area contributed by atoms with Crippen molar-refractivity contribution < 1.29 is 21.5 Å². The van der Waals surface area contributed by atoms with Gasteiger partial charge in [-0.15, -0.1) is 23.8 Å². The summed E-state index contributed by atoms with van der Waals surface area (Å²) in [5, 5.41) is 2.50. The quantitative estimate of drug-likeness (QED) is 0.118. The molecule has 0 fully saturated rings. The Bertz CT molecular complexity index is 2470. The zero-order chi connectivity index (χ0) is 37.2. The van der Waals surface area contributed by atoms with Crippen LogP contribution < -0.4 is 4.40 Å². The van der Waals surface area contributed by atoms with Gasteiger partial charge >= 0.3 is 135 Å². The van der Waals surface area contributed by atoms with Crippen LogP contribution in [0.1, 0.15) is 33.6 Å². The third kappa shape index (κ3) is 8.80. The summed E-state index contributed by atoms with van der Waals surface area (Å²) in [4.78, 5) is 9.29. The van der Waals surface area contributed by atoms with Crippen LogP contribution in [-0.4, -0.2) is 23.2 Å². The van der Waals surface area contributed by atoms with Crippen LogP contribution in [0.3, 0.4) is 0 Å². The summed E-state index contributed by atoms with van der Waals surface area (Å²) in [6.07, 6.45) is 3.88. The number of aromatic nitrogens is 2. The third-order valence-corrected chi connectivity index (χ3v) is 15.1. The first-order valence-electron chi connectivity index (χ1n) is 18.4. The molecular formula is C48H44GeIrN2S-2. The molecule has 2 nitrogen and oxygen atoms in total. The van der Waals surface area contributed by atoms with Crippen LogP contribution >= 0.6 is 11.3 Å². The van der Waals surface area contributed by atoms with E-state index in [1.54, 1.807) is 11.3 Å². The van der Waals surface area contributed by atoms with E-state index in [2.05, 4.69) is 156 Å². The molecular weight excluding hydrogens is 901 g/mol. The molecule has 0 saturated carbocycles. The molecule has 0 aliphatic rings. The smallest absolute Gasteiger partial charge is 0 e. The van der Waals surface area contributed by atoms with Crippen molar-refractivity contribution in [3.8, 4) is 44.8 Å². The first-order valence-corrected chi connectivity index (χ1v) is 26.1. The number of nitrogens with zero attached hydrogens (tertiary/aromatic N) is 2. The number of hydrogen-bond donors (Lipinski definition) is 0. The van der Waals surface area contributed by atoms with Crippen LogP contribution in [0.2, 0.25) is 17.3 Å². The van der Waals surface area contributed by atoms with Crippen molar-refractivity contribution >= 4 is 49.2 Å². The number of rotatable bonds is 7. The van der Waals surface area contributed by atoms with Crippen molar-refractivity contribution in [2.24, 2.45) is 5.92 Å². The van der Waals surface area contributed by atoms with Crippen molar-refractivity contribution in [1.29, 1.82) is 0 Å². The predicted molar refractivity (Wildman–Crippen MR) is 227 cm³/mol. The molecule has 5 aromatic carbocycles. The number of fused-ring (bicyclic) bond motifs is 3. The molecule has 0 aliphatic carbocycles. The third-order valence-electron chi connectivity index (χ3n) is 9.70. The minimum atomic E-state index is -1.78. The van der Waals surface area contributed by atoms with Crippen molar-refractivity contribution in [3.63, 3.8) is 0 Å². The van der Waals surface area contributed by atoms with Gasteiger partial charge in [0.2, 0.25) is 0 Å². The molecule has 8 rings (SSSR count). The van der Waals surface area contributed by atoms with Gasteiger partial charge in [-0.1, -0.05) is 80.3 Å². The molecule has 3 aromatic heterocycles. The van der Waals surface area contributed by atoms with Gasteiger partial charge in [0, 0.05) is 32.4 Å².